The van der Waals surface area contributed by atoms with Crippen LogP contribution in [0.5, 0.6) is 0 Å². The molecular formula is C11H10N4O4. The SMILES string of the molecule is CCOC(=O)c1nc(-c2ccc([N+](=O)[O-])cc2)n[nH]1. The van der Waals surface area contributed by atoms with Gasteiger partial charge in [0, 0.05) is 17.7 Å². The third-order valence-corrected chi connectivity index (χ3v) is 2.29. The molecule has 19 heavy (non-hydrogen) atoms. The lowest BCUT2D eigenvalue weighted by molar-refractivity contribution is -0.384. The Hall–Kier alpha value is -2.77. The maximum Gasteiger partial charge on any atom is 0.375 e. The van der Waals surface area contributed by atoms with Gasteiger partial charge >= 0.3 is 5.97 Å². The maximum atomic E-state index is 11.4. The van der Waals surface area contributed by atoms with Crippen LogP contribution in [0.15, 0.2) is 24.3 Å². The zero-order valence-electron chi connectivity index (χ0n) is 9.99. The molecule has 1 aromatic heterocycles. The molecule has 8 heteroatoms. The molecule has 0 aliphatic carbocycles. The Morgan fingerprint density at radius 3 is 2.68 bits per heavy atom. The first-order chi connectivity index (χ1) is 9.11. The van der Waals surface area contributed by atoms with Gasteiger partial charge in [-0.05, 0) is 19.1 Å². The highest BCUT2D eigenvalue weighted by Gasteiger charge is 2.14. The Bertz CT molecular complexity index is 605. The lowest BCUT2D eigenvalue weighted by Gasteiger charge is -1.96. The number of non-ortho nitro benzene ring substituents is 1. The van der Waals surface area contributed by atoms with Crippen LogP contribution in [-0.4, -0.2) is 32.7 Å². The van der Waals surface area contributed by atoms with E-state index in [1.165, 1.54) is 24.3 Å². The topological polar surface area (TPSA) is 111 Å². The number of hydrogen-bond donors (Lipinski definition) is 1. The molecular weight excluding hydrogens is 252 g/mol. The van der Waals surface area contributed by atoms with Crippen molar-refractivity contribution in [2.45, 2.75) is 6.92 Å². The number of benzene rings is 1. The van der Waals surface area contributed by atoms with Crippen molar-refractivity contribution in [3.05, 3.63) is 40.2 Å². The summed E-state index contributed by atoms with van der Waals surface area (Å²) in [4.78, 5) is 25.4. The van der Waals surface area contributed by atoms with Gasteiger partial charge in [0.2, 0.25) is 5.82 Å². The van der Waals surface area contributed by atoms with Crippen molar-refractivity contribution in [2.24, 2.45) is 0 Å². The van der Waals surface area contributed by atoms with Gasteiger partial charge in [0.1, 0.15) is 0 Å². The molecule has 2 aromatic rings. The smallest absolute Gasteiger partial charge is 0.375 e. The van der Waals surface area contributed by atoms with Crippen LogP contribution in [0.2, 0.25) is 0 Å². The molecule has 0 aliphatic rings. The summed E-state index contributed by atoms with van der Waals surface area (Å²) < 4.78 is 4.77. The minimum atomic E-state index is -0.594. The second kappa shape index (κ2) is 5.25. The fraction of sp³-hybridized carbons (Fsp3) is 0.182. The quantitative estimate of drug-likeness (QED) is 0.508. The zero-order valence-corrected chi connectivity index (χ0v) is 9.99. The predicted octanol–water partition coefficient (Wildman–Crippen LogP) is 1.56. The predicted molar refractivity (Wildman–Crippen MR) is 64.4 cm³/mol. The number of esters is 1. The Labute approximate surface area is 107 Å². The molecule has 1 heterocycles. The van der Waals surface area contributed by atoms with Crippen LogP contribution in [0.3, 0.4) is 0 Å². The fourth-order valence-corrected chi connectivity index (χ4v) is 1.41. The molecule has 1 N–H and O–H groups in total. The molecule has 0 bridgehead atoms. The number of nitro groups is 1. The molecule has 0 spiro atoms. The van der Waals surface area contributed by atoms with Crippen LogP contribution in [0.25, 0.3) is 11.4 Å². The lowest BCUT2D eigenvalue weighted by Crippen LogP contribution is -2.06. The standard InChI is InChI=1S/C11H10N4O4/c1-2-19-11(16)10-12-9(13-14-10)7-3-5-8(6-4-7)15(17)18/h3-6H,2H2,1H3,(H,12,13,14). The highest BCUT2D eigenvalue weighted by Crippen LogP contribution is 2.19. The summed E-state index contributed by atoms with van der Waals surface area (Å²) in [5, 5.41) is 16.8. The Balaban J connectivity index is 2.23. The Morgan fingerprint density at radius 2 is 2.11 bits per heavy atom. The van der Waals surface area contributed by atoms with Gasteiger partial charge in [-0.3, -0.25) is 15.2 Å². The van der Waals surface area contributed by atoms with E-state index in [1.807, 2.05) is 0 Å². The number of nitro benzene ring substituents is 1. The Kier molecular flexibility index (Phi) is 3.51. The summed E-state index contributed by atoms with van der Waals surface area (Å²) in [6, 6.07) is 5.71. The molecule has 0 radical (unpaired) electrons. The van der Waals surface area contributed by atoms with Gasteiger partial charge < -0.3 is 4.74 Å². The van der Waals surface area contributed by atoms with Gasteiger partial charge in [0.15, 0.2) is 5.82 Å². The van der Waals surface area contributed by atoms with Crippen LogP contribution in [0.4, 0.5) is 5.69 Å². The van der Waals surface area contributed by atoms with E-state index in [0.717, 1.165) is 0 Å². The van der Waals surface area contributed by atoms with Gasteiger partial charge in [-0.25, -0.2) is 9.78 Å². The third kappa shape index (κ3) is 2.73. The van der Waals surface area contributed by atoms with Crippen molar-refractivity contribution in [3.63, 3.8) is 0 Å². The lowest BCUT2D eigenvalue weighted by atomic mass is 10.2. The molecule has 1 aromatic carbocycles. The van der Waals surface area contributed by atoms with Crippen molar-refractivity contribution in [2.75, 3.05) is 6.61 Å². The molecule has 0 amide bonds. The molecule has 0 atom stereocenters. The summed E-state index contributed by atoms with van der Waals surface area (Å²) in [5.74, 6) is -0.323. The van der Waals surface area contributed by atoms with Crippen molar-refractivity contribution >= 4 is 11.7 Å². The van der Waals surface area contributed by atoms with E-state index in [1.54, 1.807) is 6.92 Å². The number of rotatable bonds is 4. The second-order valence-electron chi connectivity index (χ2n) is 3.53. The average Bonchev–Trinajstić information content (AvgIpc) is 2.89. The number of ether oxygens (including phenoxy) is 1. The van der Waals surface area contributed by atoms with Gasteiger partial charge in [0.05, 0.1) is 11.5 Å². The number of carbonyl (C=O) groups is 1. The van der Waals surface area contributed by atoms with Crippen LogP contribution < -0.4 is 0 Å². The third-order valence-electron chi connectivity index (χ3n) is 2.29. The number of hydrogen-bond acceptors (Lipinski definition) is 6. The monoisotopic (exact) mass is 262 g/mol. The van der Waals surface area contributed by atoms with Crippen LogP contribution >= 0.6 is 0 Å². The number of aromatic amines is 1. The van der Waals surface area contributed by atoms with Crippen molar-refractivity contribution in [3.8, 4) is 11.4 Å². The summed E-state index contributed by atoms with van der Waals surface area (Å²) in [6.45, 7) is 1.93. The van der Waals surface area contributed by atoms with E-state index in [-0.39, 0.29) is 23.9 Å². The molecule has 8 nitrogen and oxygen atoms in total. The number of carbonyl (C=O) groups excluding carboxylic acids is 1. The van der Waals surface area contributed by atoms with Gasteiger partial charge in [-0.1, -0.05) is 0 Å². The molecule has 98 valence electrons. The number of aromatic nitrogens is 3. The van der Waals surface area contributed by atoms with E-state index in [0.29, 0.717) is 5.56 Å². The number of H-pyrrole nitrogens is 1. The van der Waals surface area contributed by atoms with E-state index in [2.05, 4.69) is 15.2 Å². The second-order valence-corrected chi connectivity index (χ2v) is 3.53. The first-order valence-electron chi connectivity index (χ1n) is 5.46. The first kappa shape index (κ1) is 12.7. The summed E-state index contributed by atoms with van der Waals surface area (Å²) in [5.41, 5.74) is 0.544. The van der Waals surface area contributed by atoms with Gasteiger partial charge in [-0.2, -0.15) is 5.10 Å². The van der Waals surface area contributed by atoms with Crippen LogP contribution in [0, 0.1) is 10.1 Å². The molecule has 0 aliphatic heterocycles. The summed E-state index contributed by atoms with van der Waals surface area (Å²) in [6.07, 6.45) is 0. The van der Waals surface area contributed by atoms with Crippen molar-refractivity contribution in [1.29, 1.82) is 0 Å². The van der Waals surface area contributed by atoms with Crippen LogP contribution in [0.1, 0.15) is 17.5 Å². The summed E-state index contributed by atoms with van der Waals surface area (Å²) in [7, 11) is 0. The Morgan fingerprint density at radius 1 is 1.42 bits per heavy atom. The van der Waals surface area contributed by atoms with E-state index < -0.39 is 10.9 Å². The minimum absolute atomic E-state index is 0.00444. The summed E-state index contributed by atoms with van der Waals surface area (Å²) >= 11 is 0. The highest BCUT2D eigenvalue weighted by molar-refractivity contribution is 5.85. The average molecular weight is 262 g/mol. The molecule has 0 saturated heterocycles. The zero-order chi connectivity index (χ0) is 13.8. The largest absolute Gasteiger partial charge is 0.460 e. The molecule has 0 unspecified atom stereocenters. The van der Waals surface area contributed by atoms with Gasteiger partial charge in [0.25, 0.3) is 5.69 Å². The van der Waals surface area contributed by atoms with E-state index in [4.69, 9.17) is 4.74 Å². The van der Waals surface area contributed by atoms with E-state index >= 15 is 0 Å². The van der Waals surface area contributed by atoms with E-state index in [9.17, 15) is 14.9 Å². The first-order valence-corrected chi connectivity index (χ1v) is 5.46. The normalized spacial score (nSPS) is 10.2. The van der Waals surface area contributed by atoms with Crippen LogP contribution in [-0.2, 0) is 4.74 Å². The molecule has 0 fully saturated rings. The fourth-order valence-electron chi connectivity index (χ4n) is 1.41. The molecule has 0 saturated carbocycles. The maximum absolute atomic E-state index is 11.4. The minimum Gasteiger partial charge on any atom is -0.460 e. The van der Waals surface area contributed by atoms with Crippen molar-refractivity contribution < 1.29 is 14.5 Å². The van der Waals surface area contributed by atoms with Crippen molar-refractivity contribution in [1.82, 2.24) is 15.2 Å². The number of nitrogens with zero attached hydrogens (tertiary/aromatic N) is 3. The van der Waals surface area contributed by atoms with Gasteiger partial charge in [-0.15, -0.1) is 0 Å². The molecule has 2 rings (SSSR count). The highest BCUT2D eigenvalue weighted by atomic mass is 16.6. The number of nitrogens with one attached hydrogen (secondary N) is 1.